The van der Waals surface area contributed by atoms with Gasteiger partial charge >= 0.3 is 0 Å². The van der Waals surface area contributed by atoms with Gasteiger partial charge < -0.3 is 16.0 Å². The van der Waals surface area contributed by atoms with Crippen molar-refractivity contribution in [2.24, 2.45) is 5.92 Å². The predicted molar refractivity (Wildman–Crippen MR) is 71.6 cm³/mol. The number of hydrogen-bond donors (Lipinski definition) is 3. The zero-order chi connectivity index (χ0) is 12.1. The van der Waals surface area contributed by atoms with Crippen LogP contribution in [0.5, 0.6) is 0 Å². The third kappa shape index (κ3) is 4.46. The topological polar surface area (TPSA) is 70.2 Å². The van der Waals surface area contributed by atoms with E-state index in [0.29, 0.717) is 18.8 Å². The third-order valence-electron chi connectivity index (χ3n) is 3.56. The number of piperidine rings is 1. The summed E-state index contributed by atoms with van der Waals surface area (Å²) in [5.74, 6) is 0.642. The molecule has 5 nitrogen and oxygen atoms in total. The lowest BCUT2D eigenvalue weighted by atomic mass is 9.96. The van der Waals surface area contributed by atoms with Crippen LogP contribution in [0.25, 0.3) is 0 Å². The van der Waals surface area contributed by atoms with Crippen LogP contribution in [-0.2, 0) is 9.59 Å². The Bertz CT molecular complexity index is 293. The zero-order valence-electron chi connectivity index (χ0n) is 10.5. The van der Waals surface area contributed by atoms with Gasteiger partial charge in [-0.3, -0.25) is 9.59 Å². The van der Waals surface area contributed by atoms with Crippen LogP contribution in [-0.4, -0.2) is 37.5 Å². The largest absolute Gasteiger partial charge is 0.354 e. The first kappa shape index (κ1) is 15.2. The summed E-state index contributed by atoms with van der Waals surface area (Å²) in [5.41, 5.74) is 0. The lowest BCUT2D eigenvalue weighted by Crippen LogP contribution is -2.42. The number of amides is 2. The van der Waals surface area contributed by atoms with Crippen LogP contribution in [0.2, 0.25) is 0 Å². The summed E-state index contributed by atoms with van der Waals surface area (Å²) in [4.78, 5) is 22.7. The van der Waals surface area contributed by atoms with Crippen molar-refractivity contribution in [3.8, 4) is 0 Å². The van der Waals surface area contributed by atoms with E-state index >= 15 is 0 Å². The molecule has 0 spiro atoms. The molecule has 2 atom stereocenters. The lowest BCUT2D eigenvalue weighted by Gasteiger charge is -2.22. The maximum absolute atomic E-state index is 11.7. The fourth-order valence-electron chi connectivity index (χ4n) is 2.50. The van der Waals surface area contributed by atoms with E-state index in [2.05, 4.69) is 16.0 Å². The second-order valence-electron chi connectivity index (χ2n) is 4.95. The number of carbonyl (C=O) groups is 2. The Hall–Kier alpha value is -0.810. The smallest absolute Gasteiger partial charge is 0.242 e. The van der Waals surface area contributed by atoms with Crippen molar-refractivity contribution in [2.45, 2.75) is 38.1 Å². The van der Waals surface area contributed by atoms with Gasteiger partial charge in [-0.05, 0) is 44.7 Å². The number of rotatable bonds is 4. The van der Waals surface area contributed by atoms with E-state index in [4.69, 9.17) is 0 Å². The molecule has 0 aliphatic carbocycles. The van der Waals surface area contributed by atoms with Crippen molar-refractivity contribution < 1.29 is 9.59 Å². The Morgan fingerprint density at radius 1 is 1.39 bits per heavy atom. The molecule has 0 aromatic carbocycles. The minimum atomic E-state index is -0.299. The van der Waals surface area contributed by atoms with Crippen LogP contribution >= 0.6 is 12.4 Å². The van der Waals surface area contributed by atoms with E-state index < -0.39 is 0 Å². The Balaban J connectivity index is 0.00000162. The highest BCUT2D eigenvalue weighted by molar-refractivity contribution is 5.90. The first-order valence-electron chi connectivity index (χ1n) is 6.53. The molecule has 0 saturated carbocycles. The maximum Gasteiger partial charge on any atom is 0.242 e. The first-order valence-corrected chi connectivity index (χ1v) is 6.53. The van der Waals surface area contributed by atoms with E-state index in [9.17, 15) is 9.59 Å². The average molecular weight is 276 g/mol. The van der Waals surface area contributed by atoms with E-state index in [1.807, 2.05) is 0 Å². The number of hydrogen-bond acceptors (Lipinski definition) is 3. The molecule has 2 aliphatic heterocycles. The third-order valence-corrected chi connectivity index (χ3v) is 3.56. The molecule has 2 amide bonds. The molecule has 2 saturated heterocycles. The molecular weight excluding hydrogens is 254 g/mol. The van der Waals surface area contributed by atoms with Crippen LogP contribution < -0.4 is 16.0 Å². The molecule has 6 heteroatoms. The van der Waals surface area contributed by atoms with Gasteiger partial charge in [0.2, 0.25) is 11.8 Å². The number of halogens is 1. The van der Waals surface area contributed by atoms with Gasteiger partial charge in [0.05, 0.1) is 0 Å². The van der Waals surface area contributed by atoms with Gasteiger partial charge in [0.15, 0.2) is 0 Å². The van der Waals surface area contributed by atoms with Gasteiger partial charge in [-0.15, -0.1) is 12.4 Å². The standard InChI is InChI=1S/C12H21N3O2.ClH/c16-11-4-3-10(15-11)12(17)14-7-5-9-2-1-6-13-8-9;/h9-10,13H,1-8H2,(H,14,17)(H,15,16);1H/t9?,10-;/m0./s1. The molecule has 0 radical (unpaired) electrons. The van der Waals surface area contributed by atoms with Gasteiger partial charge in [-0.1, -0.05) is 0 Å². The van der Waals surface area contributed by atoms with Crippen molar-refractivity contribution in [3.63, 3.8) is 0 Å². The molecule has 104 valence electrons. The molecule has 2 rings (SSSR count). The fraction of sp³-hybridized carbons (Fsp3) is 0.833. The summed E-state index contributed by atoms with van der Waals surface area (Å²) < 4.78 is 0. The predicted octanol–water partition coefficient (Wildman–Crippen LogP) is 0.193. The first-order chi connectivity index (χ1) is 8.25. The molecule has 2 heterocycles. The monoisotopic (exact) mass is 275 g/mol. The summed E-state index contributed by atoms with van der Waals surface area (Å²) in [5, 5.41) is 8.95. The van der Waals surface area contributed by atoms with E-state index in [1.165, 1.54) is 12.8 Å². The maximum atomic E-state index is 11.7. The van der Waals surface area contributed by atoms with Crippen molar-refractivity contribution in [3.05, 3.63) is 0 Å². The Morgan fingerprint density at radius 2 is 2.22 bits per heavy atom. The summed E-state index contributed by atoms with van der Waals surface area (Å²) >= 11 is 0. The quantitative estimate of drug-likeness (QED) is 0.686. The van der Waals surface area contributed by atoms with Crippen LogP contribution in [0.1, 0.15) is 32.1 Å². The van der Waals surface area contributed by atoms with E-state index in [0.717, 1.165) is 26.1 Å². The van der Waals surface area contributed by atoms with Gasteiger partial charge in [0.1, 0.15) is 6.04 Å². The van der Waals surface area contributed by atoms with Crippen LogP contribution in [0.15, 0.2) is 0 Å². The lowest BCUT2D eigenvalue weighted by molar-refractivity contribution is -0.125. The second-order valence-corrected chi connectivity index (χ2v) is 4.95. The molecule has 2 fully saturated rings. The molecule has 2 aliphatic rings. The highest BCUT2D eigenvalue weighted by Crippen LogP contribution is 2.13. The van der Waals surface area contributed by atoms with Crippen molar-refractivity contribution in [1.29, 1.82) is 0 Å². The molecule has 0 aromatic rings. The summed E-state index contributed by atoms with van der Waals surface area (Å²) in [6.07, 6.45) is 4.63. The Morgan fingerprint density at radius 3 is 2.83 bits per heavy atom. The highest BCUT2D eigenvalue weighted by Gasteiger charge is 2.26. The van der Waals surface area contributed by atoms with E-state index in [1.54, 1.807) is 0 Å². The minimum Gasteiger partial charge on any atom is -0.354 e. The molecule has 3 N–H and O–H groups in total. The van der Waals surface area contributed by atoms with Crippen LogP contribution in [0.3, 0.4) is 0 Å². The molecular formula is C12H22ClN3O2. The number of carbonyl (C=O) groups excluding carboxylic acids is 2. The van der Waals surface area contributed by atoms with Crippen molar-refractivity contribution >= 4 is 24.2 Å². The zero-order valence-corrected chi connectivity index (χ0v) is 11.4. The van der Waals surface area contributed by atoms with E-state index in [-0.39, 0.29) is 30.3 Å². The molecule has 1 unspecified atom stereocenters. The summed E-state index contributed by atoms with van der Waals surface area (Å²) in [7, 11) is 0. The molecule has 0 bridgehead atoms. The average Bonchev–Trinajstić information content (AvgIpc) is 2.77. The van der Waals surface area contributed by atoms with Gasteiger partial charge in [-0.2, -0.15) is 0 Å². The number of nitrogens with one attached hydrogen (secondary N) is 3. The summed E-state index contributed by atoms with van der Waals surface area (Å²) in [6.45, 7) is 2.91. The van der Waals surface area contributed by atoms with Crippen molar-refractivity contribution in [1.82, 2.24) is 16.0 Å². The Kier molecular flexibility index (Phi) is 6.43. The van der Waals surface area contributed by atoms with Gasteiger partial charge in [-0.25, -0.2) is 0 Å². The second kappa shape index (κ2) is 7.59. The Labute approximate surface area is 114 Å². The fourth-order valence-corrected chi connectivity index (χ4v) is 2.50. The SMILES string of the molecule is Cl.O=C1CC[C@@H](C(=O)NCCC2CCCNC2)N1. The van der Waals surface area contributed by atoms with Crippen LogP contribution in [0, 0.1) is 5.92 Å². The highest BCUT2D eigenvalue weighted by atomic mass is 35.5. The molecule has 18 heavy (non-hydrogen) atoms. The minimum absolute atomic E-state index is 0. The van der Waals surface area contributed by atoms with Crippen molar-refractivity contribution in [2.75, 3.05) is 19.6 Å². The van der Waals surface area contributed by atoms with Crippen LogP contribution in [0.4, 0.5) is 0 Å². The summed E-state index contributed by atoms with van der Waals surface area (Å²) in [6, 6.07) is -0.299. The normalized spacial score (nSPS) is 27.2. The van der Waals surface area contributed by atoms with Gasteiger partial charge in [0, 0.05) is 13.0 Å². The van der Waals surface area contributed by atoms with Gasteiger partial charge in [0.25, 0.3) is 0 Å². The molecule has 0 aromatic heterocycles.